The monoisotopic (exact) mass is 287 g/mol. The van der Waals surface area contributed by atoms with Crippen LogP contribution in [0.5, 0.6) is 0 Å². The molecule has 2 aliphatic heterocycles. The Kier molecular flexibility index (Phi) is 4.51. The molecule has 2 unspecified atom stereocenters. The molecule has 21 heavy (non-hydrogen) atoms. The normalized spacial score (nSPS) is 24.7. The smallest absolute Gasteiger partial charge is 0.0369 e. The number of nitrogens with zero attached hydrogens (tertiary/aromatic N) is 2. The number of fused-ring (bicyclic) bond motifs is 1. The lowest BCUT2D eigenvalue weighted by molar-refractivity contribution is 0.273. The second-order valence-corrected chi connectivity index (χ2v) is 6.92. The predicted molar refractivity (Wildman–Crippen MR) is 90.0 cm³/mol. The molecule has 1 aromatic carbocycles. The second kappa shape index (κ2) is 6.37. The highest BCUT2D eigenvalue weighted by molar-refractivity contribution is 5.51. The van der Waals surface area contributed by atoms with Gasteiger partial charge < -0.3 is 10.6 Å². The maximum absolute atomic E-state index is 5.94. The van der Waals surface area contributed by atoms with Gasteiger partial charge in [0.15, 0.2) is 0 Å². The van der Waals surface area contributed by atoms with Crippen LogP contribution in [0.15, 0.2) is 18.2 Å². The van der Waals surface area contributed by atoms with Crippen molar-refractivity contribution in [3.63, 3.8) is 0 Å². The van der Waals surface area contributed by atoms with E-state index < -0.39 is 0 Å². The third-order valence-electron chi connectivity index (χ3n) is 5.04. The zero-order valence-corrected chi connectivity index (χ0v) is 13.5. The van der Waals surface area contributed by atoms with Crippen LogP contribution in [0, 0.1) is 6.92 Å². The molecular weight excluding hydrogens is 258 g/mol. The fourth-order valence-electron chi connectivity index (χ4n) is 3.89. The molecule has 0 spiro atoms. The van der Waals surface area contributed by atoms with Gasteiger partial charge in [0.2, 0.25) is 0 Å². The number of anilines is 1. The summed E-state index contributed by atoms with van der Waals surface area (Å²) in [7, 11) is 0. The molecule has 2 fully saturated rings. The number of hydrogen-bond donors (Lipinski definition) is 1. The fraction of sp³-hybridized carbons (Fsp3) is 0.667. The molecule has 0 aromatic heterocycles. The summed E-state index contributed by atoms with van der Waals surface area (Å²) >= 11 is 0. The zero-order chi connectivity index (χ0) is 14.8. The highest BCUT2D eigenvalue weighted by Gasteiger charge is 2.28. The lowest BCUT2D eigenvalue weighted by atomic mass is 10.0. The van der Waals surface area contributed by atoms with E-state index in [4.69, 9.17) is 5.73 Å². The van der Waals surface area contributed by atoms with Gasteiger partial charge in [0.05, 0.1) is 0 Å². The van der Waals surface area contributed by atoms with Crippen molar-refractivity contribution < 1.29 is 0 Å². The first-order valence-corrected chi connectivity index (χ1v) is 8.47. The summed E-state index contributed by atoms with van der Waals surface area (Å²) in [5, 5.41) is 0. The molecule has 0 radical (unpaired) electrons. The maximum atomic E-state index is 5.94. The molecule has 1 aromatic rings. The van der Waals surface area contributed by atoms with Crippen molar-refractivity contribution in [1.29, 1.82) is 0 Å². The van der Waals surface area contributed by atoms with Gasteiger partial charge >= 0.3 is 0 Å². The van der Waals surface area contributed by atoms with Crippen LogP contribution >= 0.6 is 0 Å². The Labute approximate surface area is 129 Å². The highest BCUT2D eigenvalue weighted by Crippen LogP contribution is 2.26. The van der Waals surface area contributed by atoms with E-state index in [0.29, 0.717) is 0 Å². The molecule has 0 amide bonds. The van der Waals surface area contributed by atoms with E-state index in [1.165, 1.54) is 62.3 Å². The Hall–Kier alpha value is -1.06. The number of benzene rings is 1. The SMILES string of the molecule is Cc1cc(N2CCCN3CCCC3C2)ccc1CC(C)N. The van der Waals surface area contributed by atoms with Gasteiger partial charge in [-0.2, -0.15) is 0 Å². The van der Waals surface area contributed by atoms with Crippen LogP contribution in [-0.2, 0) is 6.42 Å². The van der Waals surface area contributed by atoms with Crippen molar-refractivity contribution in [2.24, 2.45) is 5.73 Å². The minimum atomic E-state index is 0.236. The molecule has 0 aliphatic carbocycles. The molecule has 3 rings (SSSR count). The van der Waals surface area contributed by atoms with Crippen LogP contribution in [0.1, 0.15) is 37.3 Å². The average molecular weight is 287 g/mol. The zero-order valence-electron chi connectivity index (χ0n) is 13.5. The van der Waals surface area contributed by atoms with E-state index in [1.54, 1.807) is 0 Å². The molecule has 0 bridgehead atoms. The lowest BCUT2D eigenvalue weighted by Gasteiger charge is -2.28. The van der Waals surface area contributed by atoms with Crippen molar-refractivity contribution in [2.75, 3.05) is 31.1 Å². The molecule has 2 N–H and O–H groups in total. The van der Waals surface area contributed by atoms with E-state index in [0.717, 1.165) is 12.5 Å². The van der Waals surface area contributed by atoms with Gasteiger partial charge in [0.1, 0.15) is 0 Å². The van der Waals surface area contributed by atoms with Crippen LogP contribution in [0.4, 0.5) is 5.69 Å². The first-order chi connectivity index (χ1) is 10.1. The summed E-state index contributed by atoms with van der Waals surface area (Å²) in [4.78, 5) is 5.29. The number of nitrogens with two attached hydrogens (primary N) is 1. The van der Waals surface area contributed by atoms with Crippen LogP contribution < -0.4 is 10.6 Å². The van der Waals surface area contributed by atoms with E-state index in [1.807, 2.05) is 0 Å². The third kappa shape index (κ3) is 3.41. The number of hydrogen-bond acceptors (Lipinski definition) is 3. The summed E-state index contributed by atoms with van der Waals surface area (Å²) in [5.74, 6) is 0. The Bertz CT molecular complexity index is 483. The topological polar surface area (TPSA) is 32.5 Å². The van der Waals surface area contributed by atoms with Gasteiger partial charge in [0, 0.05) is 37.4 Å². The molecule has 3 nitrogen and oxygen atoms in total. The minimum absolute atomic E-state index is 0.236. The number of aryl methyl sites for hydroxylation is 1. The molecular formula is C18H29N3. The van der Waals surface area contributed by atoms with Crippen molar-refractivity contribution in [3.05, 3.63) is 29.3 Å². The fourth-order valence-corrected chi connectivity index (χ4v) is 3.89. The molecule has 0 saturated carbocycles. The van der Waals surface area contributed by atoms with E-state index in [9.17, 15) is 0 Å². The van der Waals surface area contributed by atoms with Gasteiger partial charge in [-0.3, -0.25) is 4.90 Å². The van der Waals surface area contributed by atoms with Crippen molar-refractivity contribution in [2.45, 2.75) is 51.6 Å². The number of rotatable bonds is 3. The van der Waals surface area contributed by atoms with Crippen LogP contribution in [0.25, 0.3) is 0 Å². The summed E-state index contributed by atoms with van der Waals surface area (Å²) in [6, 6.07) is 7.96. The Morgan fingerprint density at radius 2 is 2.05 bits per heavy atom. The van der Waals surface area contributed by atoms with E-state index in [-0.39, 0.29) is 6.04 Å². The third-order valence-corrected chi connectivity index (χ3v) is 5.04. The Morgan fingerprint density at radius 3 is 2.81 bits per heavy atom. The van der Waals surface area contributed by atoms with Gasteiger partial charge in [-0.15, -0.1) is 0 Å². The van der Waals surface area contributed by atoms with E-state index >= 15 is 0 Å². The van der Waals surface area contributed by atoms with Gasteiger partial charge in [-0.25, -0.2) is 0 Å². The first kappa shape index (κ1) is 14.9. The Balaban J connectivity index is 1.75. The van der Waals surface area contributed by atoms with Crippen molar-refractivity contribution >= 4 is 5.69 Å². The van der Waals surface area contributed by atoms with Crippen molar-refractivity contribution in [1.82, 2.24) is 4.90 Å². The molecule has 2 aliphatic rings. The minimum Gasteiger partial charge on any atom is -0.370 e. The quantitative estimate of drug-likeness (QED) is 0.927. The second-order valence-electron chi connectivity index (χ2n) is 6.92. The summed E-state index contributed by atoms with van der Waals surface area (Å²) in [5.41, 5.74) is 10.1. The van der Waals surface area contributed by atoms with Crippen LogP contribution in [-0.4, -0.2) is 43.2 Å². The van der Waals surface area contributed by atoms with Crippen LogP contribution in [0.2, 0.25) is 0 Å². The van der Waals surface area contributed by atoms with Gasteiger partial charge in [-0.1, -0.05) is 6.07 Å². The maximum Gasteiger partial charge on any atom is 0.0369 e. The average Bonchev–Trinajstić information content (AvgIpc) is 2.78. The molecule has 3 heteroatoms. The molecule has 116 valence electrons. The molecule has 2 saturated heterocycles. The standard InChI is InChI=1S/C18H29N3/c1-14-11-17(7-6-16(14)12-15(2)19)21-10-4-9-20-8-3-5-18(20)13-21/h6-7,11,15,18H,3-5,8-10,12-13,19H2,1-2H3. The predicted octanol–water partition coefficient (Wildman–Crippen LogP) is 2.56. The molecule has 2 atom stereocenters. The molecule has 2 heterocycles. The first-order valence-electron chi connectivity index (χ1n) is 8.47. The summed E-state index contributed by atoms with van der Waals surface area (Å²) in [6.07, 6.45) is 5.02. The lowest BCUT2D eigenvalue weighted by Crippen LogP contribution is -2.36. The van der Waals surface area contributed by atoms with Crippen molar-refractivity contribution in [3.8, 4) is 0 Å². The highest BCUT2D eigenvalue weighted by atomic mass is 15.3. The van der Waals surface area contributed by atoms with Crippen LogP contribution in [0.3, 0.4) is 0 Å². The summed E-state index contributed by atoms with van der Waals surface area (Å²) in [6.45, 7) is 9.29. The summed E-state index contributed by atoms with van der Waals surface area (Å²) < 4.78 is 0. The van der Waals surface area contributed by atoms with E-state index in [2.05, 4.69) is 41.8 Å². The van der Waals surface area contributed by atoms with Gasteiger partial charge in [-0.05, 0) is 69.3 Å². The largest absolute Gasteiger partial charge is 0.370 e. The Morgan fingerprint density at radius 1 is 1.24 bits per heavy atom. The van der Waals surface area contributed by atoms with Gasteiger partial charge in [0.25, 0.3) is 0 Å².